The predicted octanol–water partition coefficient (Wildman–Crippen LogP) is 5.75. The van der Waals surface area contributed by atoms with E-state index >= 15 is 0 Å². The topological polar surface area (TPSA) is 70.1 Å². The molecule has 8 heteroatoms. The lowest BCUT2D eigenvalue weighted by Crippen LogP contribution is -2.29. The molecule has 1 atom stereocenters. The number of aryl methyl sites for hydroxylation is 1. The zero-order chi connectivity index (χ0) is 26.9. The molecule has 0 radical (unpaired) electrons. The summed E-state index contributed by atoms with van der Waals surface area (Å²) in [4.78, 5) is 29.5. The summed E-state index contributed by atoms with van der Waals surface area (Å²) < 4.78 is 33.5. The molecule has 1 heterocycles. The number of aliphatic hydroxyl groups excluding tert-OH is 1. The van der Waals surface area contributed by atoms with E-state index in [1.165, 1.54) is 6.07 Å². The molecule has 192 valence electrons. The third kappa shape index (κ3) is 4.91. The number of benzene rings is 3. The van der Waals surface area contributed by atoms with Crippen LogP contribution in [0.3, 0.4) is 0 Å². The Morgan fingerprint density at radius 1 is 1.00 bits per heavy atom. The Hall–Kier alpha value is -4.20. The second-order valence-electron chi connectivity index (χ2n) is 9.08. The summed E-state index contributed by atoms with van der Waals surface area (Å²) >= 11 is 0. The minimum absolute atomic E-state index is 0.00114. The third-order valence-electron chi connectivity index (χ3n) is 6.26. The minimum Gasteiger partial charge on any atom is -0.507 e. The highest BCUT2D eigenvalue weighted by molar-refractivity contribution is 6.51. The van der Waals surface area contributed by atoms with Gasteiger partial charge in [0.05, 0.1) is 18.2 Å². The zero-order valence-corrected chi connectivity index (χ0v) is 21.1. The molecule has 37 heavy (non-hydrogen) atoms. The molecule has 0 spiro atoms. The number of rotatable bonds is 7. The van der Waals surface area contributed by atoms with Gasteiger partial charge < -0.3 is 14.7 Å². The predicted molar refractivity (Wildman–Crippen MR) is 139 cm³/mol. The van der Waals surface area contributed by atoms with E-state index in [-0.39, 0.29) is 17.0 Å². The van der Waals surface area contributed by atoms with E-state index in [1.54, 1.807) is 30.3 Å². The Labute approximate surface area is 214 Å². The molecule has 1 unspecified atom stereocenters. The molecular weight excluding hydrogens is 478 g/mol. The van der Waals surface area contributed by atoms with Gasteiger partial charge in [-0.2, -0.15) is 0 Å². The van der Waals surface area contributed by atoms with Crippen molar-refractivity contribution < 1.29 is 28.2 Å². The SMILES string of the molecule is CCCOc1ccc(/C(O)=C2\C(=O)C(=O)N(c3ccc(F)c(F)c3)C2c2ccc(N(C)C)cc2)cc1C. The van der Waals surface area contributed by atoms with Gasteiger partial charge in [-0.25, -0.2) is 8.78 Å². The van der Waals surface area contributed by atoms with Crippen LogP contribution in [0.2, 0.25) is 0 Å². The van der Waals surface area contributed by atoms with Crippen LogP contribution >= 0.6 is 0 Å². The van der Waals surface area contributed by atoms with Crippen molar-refractivity contribution in [2.75, 3.05) is 30.5 Å². The maximum Gasteiger partial charge on any atom is 0.300 e. The summed E-state index contributed by atoms with van der Waals surface area (Å²) in [6.45, 7) is 4.35. The lowest BCUT2D eigenvalue weighted by molar-refractivity contribution is -0.132. The number of Topliss-reactive ketones (excluding diaryl/α,β-unsaturated/α-hetero) is 1. The van der Waals surface area contributed by atoms with E-state index in [2.05, 4.69) is 0 Å². The van der Waals surface area contributed by atoms with Crippen molar-refractivity contribution in [2.24, 2.45) is 0 Å². The summed E-state index contributed by atoms with van der Waals surface area (Å²) in [5, 5.41) is 11.3. The zero-order valence-electron chi connectivity index (χ0n) is 21.1. The number of aliphatic hydroxyl groups is 1. The average molecular weight is 507 g/mol. The monoisotopic (exact) mass is 506 g/mol. The normalized spacial score (nSPS) is 16.8. The van der Waals surface area contributed by atoms with E-state index in [1.807, 2.05) is 45.0 Å². The van der Waals surface area contributed by atoms with Crippen molar-refractivity contribution in [3.8, 4) is 5.75 Å². The highest BCUT2D eigenvalue weighted by atomic mass is 19.2. The van der Waals surface area contributed by atoms with Crippen LogP contribution in [-0.2, 0) is 9.59 Å². The third-order valence-corrected chi connectivity index (χ3v) is 6.26. The van der Waals surface area contributed by atoms with Crippen molar-refractivity contribution in [3.05, 3.63) is 94.6 Å². The first-order valence-electron chi connectivity index (χ1n) is 11.9. The first-order chi connectivity index (χ1) is 17.6. The number of carbonyl (C=O) groups excluding carboxylic acids is 2. The number of hydrogen-bond acceptors (Lipinski definition) is 5. The molecule has 1 N–H and O–H groups in total. The number of nitrogens with zero attached hydrogens (tertiary/aromatic N) is 2. The lowest BCUT2D eigenvalue weighted by Gasteiger charge is -2.26. The first kappa shape index (κ1) is 25.9. The first-order valence-corrected chi connectivity index (χ1v) is 11.9. The quantitative estimate of drug-likeness (QED) is 0.251. The highest BCUT2D eigenvalue weighted by Crippen LogP contribution is 2.43. The fourth-order valence-electron chi connectivity index (χ4n) is 4.33. The van der Waals surface area contributed by atoms with E-state index in [9.17, 15) is 23.5 Å². The van der Waals surface area contributed by atoms with Gasteiger partial charge in [0.15, 0.2) is 11.6 Å². The Bertz CT molecular complexity index is 1380. The van der Waals surface area contributed by atoms with E-state index in [0.29, 0.717) is 23.5 Å². The number of carbonyl (C=O) groups is 2. The molecule has 4 rings (SSSR count). The largest absolute Gasteiger partial charge is 0.507 e. The van der Waals surface area contributed by atoms with Gasteiger partial charge in [-0.15, -0.1) is 0 Å². The number of anilines is 2. The summed E-state index contributed by atoms with van der Waals surface area (Å²) in [5.41, 5.74) is 2.34. The molecule has 3 aromatic carbocycles. The van der Waals surface area contributed by atoms with Crippen molar-refractivity contribution in [1.29, 1.82) is 0 Å². The molecule has 0 saturated carbocycles. The smallest absolute Gasteiger partial charge is 0.300 e. The van der Waals surface area contributed by atoms with Crippen molar-refractivity contribution in [1.82, 2.24) is 0 Å². The van der Waals surface area contributed by atoms with Crippen molar-refractivity contribution in [3.63, 3.8) is 0 Å². The van der Waals surface area contributed by atoms with Crippen molar-refractivity contribution >= 4 is 28.8 Å². The fraction of sp³-hybridized carbons (Fsp3) is 0.241. The Kier molecular flexibility index (Phi) is 7.29. The van der Waals surface area contributed by atoms with Crippen LogP contribution in [0.4, 0.5) is 20.2 Å². The molecule has 1 amide bonds. The molecule has 1 aliphatic rings. The number of halogens is 2. The van der Waals surface area contributed by atoms with Crippen LogP contribution in [0.25, 0.3) is 5.76 Å². The van der Waals surface area contributed by atoms with Gasteiger partial charge in [0.25, 0.3) is 11.7 Å². The summed E-state index contributed by atoms with van der Waals surface area (Å²) in [6, 6.07) is 14.0. The van der Waals surface area contributed by atoms with Gasteiger partial charge >= 0.3 is 0 Å². The Morgan fingerprint density at radius 3 is 2.30 bits per heavy atom. The molecule has 3 aromatic rings. The maximum absolute atomic E-state index is 14.1. The van der Waals surface area contributed by atoms with E-state index < -0.39 is 29.4 Å². The summed E-state index contributed by atoms with van der Waals surface area (Å²) in [7, 11) is 3.75. The van der Waals surface area contributed by atoms with Gasteiger partial charge in [0.1, 0.15) is 11.5 Å². The van der Waals surface area contributed by atoms with Crippen LogP contribution in [0.1, 0.15) is 36.1 Å². The van der Waals surface area contributed by atoms with Crippen LogP contribution in [0.5, 0.6) is 5.75 Å². The second kappa shape index (κ2) is 10.4. The van der Waals surface area contributed by atoms with Gasteiger partial charge in [-0.05, 0) is 66.9 Å². The van der Waals surface area contributed by atoms with Gasteiger partial charge in [-0.3, -0.25) is 14.5 Å². The highest BCUT2D eigenvalue weighted by Gasteiger charge is 2.47. The van der Waals surface area contributed by atoms with Crippen LogP contribution in [0.15, 0.2) is 66.2 Å². The Morgan fingerprint density at radius 2 is 1.70 bits per heavy atom. The average Bonchev–Trinajstić information content (AvgIpc) is 3.14. The molecule has 0 aromatic heterocycles. The Balaban J connectivity index is 1.88. The van der Waals surface area contributed by atoms with Crippen molar-refractivity contribution in [2.45, 2.75) is 26.3 Å². The van der Waals surface area contributed by atoms with Crippen LogP contribution in [-0.4, -0.2) is 37.5 Å². The van der Waals surface area contributed by atoms with Gasteiger partial charge in [0.2, 0.25) is 0 Å². The van der Waals surface area contributed by atoms with Gasteiger partial charge in [-0.1, -0.05) is 19.1 Å². The lowest BCUT2D eigenvalue weighted by atomic mass is 9.94. The second-order valence-corrected chi connectivity index (χ2v) is 9.08. The molecule has 0 aliphatic carbocycles. The molecule has 1 aliphatic heterocycles. The number of hydrogen-bond donors (Lipinski definition) is 1. The standard InChI is InChI=1S/C29H28F2N2O4/c1-5-14-37-24-13-8-19(15-17(24)2)27(34)25-26(18-6-9-20(10-7-18)32(3)4)33(29(36)28(25)35)21-11-12-22(30)23(31)16-21/h6-13,15-16,26,34H,5,14H2,1-4H3/b27-25+. The fourth-order valence-corrected chi connectivity index (χ4v) is 4.33. The molecular formula is C29H28F2N2O4. The van der Waals surface area contributed by atoms with Gasteiger partial charge in [0, 0.05) is 37.1 Å². The molecule has 6 nitrogen and oxygen atoms in total. The summed E-state index contributed by atoms with van der Waals surface area (Å²) in [5.74, 6) is -3.82. The molecule has 1 fully saturated rings. The van der Waals surface area contributed by atoms with Crippen LogP contribution < -0.4 is 14.5 Å². The molecule has 0 bridgehead atoms. The van der Waals surface area contributed by atoms with E-state index in [0.717, 1.165) is 34.7 Å². The summed E-state index contributed by atoms with van der Waals surface area (Å²) in [6.07, 6.45) is 0.835. The maximum atomic E-state index is 14.1. The minimum atomic E-state index is -1.15. The van der Waals surface area contributed by atoms with Crippen LogP contribution in [0, 0.1) is 18.6 Å². The number of ether oxygens (including phenoxy) is 1. The molecule has 1 saturated heterocycles. The number of amides is 1. The van der Waals surface area contributed by atoms with E-state index in [4.69, 9.17) is 4.74 Å². The number of ketones is 1.